The summed E-state index contributed by atoms with van der Waals surface area (Å²) in [5, 5.41) is 3.00. The van der Waals surface area contributed by atoms with E-state index >= 15 is 0 Å². The first-order valence-electron chi connectivity index (χ1n) is 10.4. The normalized spacial score (nSPS) is 23.0. The third kappa shape index (κ3) is 4.87. The van der Waals surface area contributed by atoms with Crippen molar-refractivity contribution in [2.24, 2.45) is 0 Å². The van der Waals surface area contributed by atoms with Crippen LogP contribution in [0.2, 0.25) is 0 Å². The zero-order valence-corrected chi connectivity index (χ0v) is 16.7. The van der Waals surface area contributed by atoms with Gasteiger partial charge in [-0.2, -0.15) is 0 Å². The molecular weight excluding hydrogens is 340 g/mol. The minimum atomic E-state index is -0.0314. The molecule has 6 nitrogen and oxygen atoms in total. The smallest absolute Gasteiger partial charge is 0.284 e. The molecule has 6 heteroatoms. The number of benzene rings is 1. The number of nitrogens with one attached hydrogen (secondary N) is 3. The molecule has 3 rings (SSSR count). The summed E-state index contributed by atoms with van der Waals surface area (Å²) in [4.78, 5) is 29.7. The summed E-state index contributed by atoms with van der Waals surface area (Å²) in [6.45, 7) is 10.1. The zero-order chi connectivity index (χ0) is 19.2. The van der Waals surface area contributed by atoms with E-state index in [2.05, 4.69) is 31.3 Å². The monoisotopic (exact) mass is 374 g/mol. The average molecular weight is 375 g/mol. The Hall–Kier alpha value is -1.92. The van der Waals surface area contributed by atoms with Gasteiger partial charge < -0.3 is 20.0 Å². The lowest BCUT2D eigenvalue weighted by Gasteiger charge is -2.33. The molecule has 1 aromatic rings. The van der Waals surface area contributed by atoms with E-state index in [0.29, 0.717) is 6.54 Å². The molecule has 3 N–H and O–H groups in total. The fourth-order valence-electron chi connectivity index (χ4n) is 4.20. The number of hydrogen-bond acceptors (Lipinski definition) is 2. The molecule has 27 heavy (non-hydrogen) atoms. The van der Waals surface area contributed by atoms with Gasteiger partial charge in [0.05, 0.1) is 0 Å². The van der Waals surface area contributed by atoms with Crippen molar-refractivity contribution in [2.45, 2.75) is 39.2 Å². The Morgan fingerprint density at radius 2 is 1.93 bits per heavy atom. The molecule has 1 fully saturated rings. The van der Waals surface area contributed by atoms with Gasteiger partial charge in [0.15, 0.2) is 12.6 Å². The van der Waals surface area contributed by atoms with Gasteiger partial charge in [-0.1, -0.05) is 31.5 Å². The second-order valence-electron chi connectivity index (χ2n) is 7.88. The number of fused-ring (bicyclic) bond motifs is 1. The van der Waals surface area contributed by atoms with Crippen LogP contribution in [0.5, 0.6) is 0 Å². The number of carbonyl (C=O) groups is 2. The molecule has 2 heterocycles. The van der Waals surface area contributed by atoms with Gasteiger partial charge in [0.25, 0.3) is 11.8 Å². The average Bonchev–Trinajstić information content (AvgIpc) is 3.12. The van der Waals surface area contributed by atoms with E-state index in [4.69, 9.17) is 0 Å². The lowest BCUT2D eigenvalue weighted by atomic mass is 10.1. The second-order valence-corrected chi connectivity index (χ2v) is 7.88. The van der Waals surface area contributed by atoms with Crippen LogP contribution < -0.4 is 20.0 Å². The number of anilines is 1. The van der Waals surface area contributed by atoms with Gasteiger partial charge in [0.1, 0.15) is 26.2 Å². The fraction of sp³-hybridized carbons (Fsp3) is 0.619. The number of para-hydroxylation sites is 1. The van der Waals surface area contributed by atoms with E-state index in [1.807, 2.05) is 17.0 Å². The third-order valence-electron chi connectivity index (χ3n) is 6.00. The van der Waals surface area contributed by atoms with Crippen LogP contribution in [0.3, 0.4) is 0 Å². The highest BCUT2D eigenvalue weighted by atomic mass is 16.2. The Balaban J connectivity index is 1.47. The molecule has 2 aliphatic rings. The largest absolute Gasteiger partial charge is 0.351 e. The van der Waals surface area contributed by atoms with Crippen LogP contribution in [-0.2, 0) is 16.0 Å². The summed E-state index contributed by atoms with van der Waals surface area (Å²) in [5.74, 6) is 0.385. The number of carbonyl (C=O) groups excluding carboxylic acids is 2. The van der Waals surface area contributed by atoms with Gasteiger partial charge in [-0.05, 0) is 31.4 Å². The second kappa shape index (κ2) is 9.33. The summed E-state index contributed by atoms with van der Waals surface area (Å²) in [7, 11) is 0. The molecule has 0 unspecified atom stereocenters. The molecule has 0 aliphatic carbocycles. The highest BCUT2D eigenvalue weighted by molar-refractivity contribution is 5.97. The van der Waals surface area contributed by atoms with Crippen molar-refractivity contribution in [2.75, 3.05) is 50.7 Å². The zero-order valence-electron chi connectivity index (χ0n) is 16.7. The van der Waals surface area contributed by atoms with Crippen LogP contribution >= 0.6 is 0 Å². The van der Waals surface area contributed by atoms with Crippen LogP contribution in [0.15, 0.2) is 24.3 Å². The molecule has 148 valence electrons. The Morgan fingerprint density at radius 3 is 2.67 bits per heavy atom. The number of piperazine rings is 1. The SMILES string of the molecule is CCCCNC(=O)C[NH+]1CC[NH+]([C@H](C)C(=O)N2CCc3ccccc32)CC1. The number of amides is 2. The van der Waals surface area contributed by atoms with Crippen molar-refractivity contribution in [3.63, 3.8) is 0 Å². The molecule has 0 radical (unpaired) electrons. The maximum atomic E-state index is 13.0. The van der Waals surface area contributed by atoms with Crippen molar-refractivity contribution in [1.29, 1.82) is 0 Å². The van der Waals surface area contributed by atoms with Crippen molar-refractivity contribution in [3.8, 4) is 0 Å². The number of hydrogen-bond donors (Lipinski definition) is 3. The molecule has 0 saturated carbocycles. The first kappa shape index (κ1) is 19.8. The van der Waals surface area contributed by atoms with E-state index < -0.39 is 0 Å². The molecule has 1 saturated heterocycles. The Bertz CT molecular complexity index is 655. The highest BCUT2D eigenvalue weighted by Crippen LogP contribution is 2.27. The maximum absolute atomic E-state index is 13.0. The molecule has 0 bridgehead atoms. The summed E-state index contributed by atoms with van der Waals surface area (Å²) in [5.41, 5.74) is 2.36. The topological polar surface area (TPSA) is 58.3 Å². The van der Waals surface area contributed by atoms with Crippen LogP contribution in [0.25, 0.3) is 0 Å². The summed E-state index contributed by atoms with van der Waals surface area (Å²) < 4.78 is 0. The fourth-order valence-corrected chi connectivity index (χ4v) is 4.20. The van der Waals surface area contributed by atoms with Gasteiger partial charge in [0, 0.05) is 18.8 Å². The van der Waals surface area contributed by atoms with Crippen LogP contribution in [0.4, 0.5) is 5.69 Å². The summed E-state index contributed by atoms with van der Waals surface area (Å²) in [6.07, 6.45) is 3.09. The van der Waals surface area contributed by atoms with Gasteiger partial charge >= 0.3 is 0 Å². The number of rotatable bonds is 7. The molecular formula is C21H34N4O2+2. The number of nitrogens with zero attached hydrogens (tertiary/aromatic N) is 1. The van der Waals surface area contributed by atoms with Gasteiger partial charge in [0.2, 0.25) is 0 Å². The van der Waals surface area contributed by atoms with Crippen LogP contribution in [-0.4, -0.2) is 63.7 Å². The predicted molar refractivity (Wildman–Crippen MR) is 106 cm³/mol. The van der Waals surface area contributed by atoms with Crippen LogP contribution in [0, 0.1) is 0 Å². The third-order valence-corrected chi connectivity index (χ3v) is 6.00. The van der Waals surface area contributed by atoms with Crippen molar-refractivity contribution < 1.29 is 19.4 Å². The number of quaternary nitrogens is 2. The molecule has 2 amide bonds. The Kier molecular flexibility index (Phi) is 6.85. The standard InChI is InChI=1S/C21H32N4O2/c1-3-4-10-22-20(26)16-23-12-14-24(15-13-23)17(2)21(27)25-11-9-18-7-5-6-8-19(18)25/h5-8,17H,3-4,9-16H2,1-2H3,(H,22,26)/p+2/t17-/m1/s1. The van der Waals surface area contributed by atoms with Crippen molar-refractivity contribution in [3.05, 3.63) is 29.8 Å². The molecule has 0 spiro atoms. The summed E-state index contributed by atoms with van der Waals surface area (Å²) >= 11 is 0. The maximum Gasteiger partial charge on any atom is 0.284 e. The van der Waals surface area contributed by atoms with E-state index in [-0.39, 0.29) is 17.9 Å². The van der Waals surface area contributed by atoms with Gasteiger partial charge in [-0.25, -0.2) is 0 Å². The lowest BCUT2D eigenvalue weighted by molar-refractivity contribution is -1.01. The van der Waals surface area contributed by atoms with Crippen LogP contribution in [0.1, 0.15) is 32.3 Å². The van der Waals surface area contributed by atoms with E-state index in [0.717, 1.165) is 64.2 Å². The van der Waals surface area contributed by atoms with Crippen molar-refractivity contribution >= 4 is 17.5 Å². The molecule has 0 aromatic heterocycles. The minimum absolute atomic E-state index is 0.0314. The minimum Gasteiger partial charge on any atom is -0.351 e. The van der Waals surface area contributed by atoms with Crippen molar-refractivity contribution in [1.82, 2.24) is 5.32 Å². The summed E-state index contributed by atoms with van der Waals surface area (Å²) in [6, 6.07) is 8.20. The van der Waals surface area contributed by atoms with E-state index in [1.54, 1.807) is 0 Å². The lowest BCUT2D eigenvalue weighted by Crippen LogP contribution is -3.30. The van der Waals surface area contributed by atoms with Gasteiger partial charge in [-0.15, -0.1) is 0 Å². The highest BCUT2D eigenvalue weighted by Gasteiger charge is 2.36. The number of unbranched alkanes of at least 4 members (excludes halogenated alkanes) is 1. The predicted octanol–water partition coefficient (Wildman–Crippen LogP) is -1.34. The molecule has 1 atom stereocenters. The quantitative estimate of drug-likeness (QED) is 0.518. The van der Waals surface area contributed by atoms with E-state index in [1.165, 1.54) is 15.4 Å². The molecule has 1 aromatic carbocycles. The Morgan fingerprint density at radius 1 is 1.19 bits per heavy atom. The Labute approximate surface area is 162 Å². The first-order chi connectivity index (χ1) is 13.1. The first-order valence-corrected chi connectivity index (χ1v) is 10.4. The van der Waals surface area contributed by atoms with E-state index in [9.17, 15) is 9.59 Å². The molecule has 2 aliphatic heterocycles. The van der Waals surface area contributed by atoms with Gasteiger partial charge in [-0.3, -0.25) is 9.59 Å².